The smallest absolute Gasteiger partial charge is 0.341 e. The average molecular weight is 480 g/mol. The maximum absolute atomic E-state index is 13.9. The standard InChI is InChI=1S/C20H18FN3O6S2/c1-29-19(26)16-12-7-3-5-9-14(12)31-18(16)22-15(25)10-32(27,28)20-24-23-17(30-20)11-6-2-4-8-13(11)21/h2,4,6,8H,3,5,7,9-10H2,1H3,(H,22,25). The van der Waals surface area contributed by atoms with E-state index in [1.807, 2.05) is 0 Å². The predicted octanol–water partition coefficient (Wildman–Crippen LogP) is 3.02. The van der Waals surface area contributed by atoms with Crippen LogP contribution in [-0.2, 0) is 32.2 Å². The van der Waals surface area contributed by atoms with E-state index >= 15 is 0 Å². The van der Waals surface area contributed by atoms with Gasteiger partial charge in [-0.15, -0.1) is 16.4 Å². The summed E-state index contributed by atoms with van der Waals surface area (Å²) in [5.74, 6) is -3.43. The van der Waals surface area contributed by atoms with Gasteiger partial charge in [0.15, 0.2) is 0 Å². The van der Waals surface area contributed by atoms with Gasteiger partial charge in [0, 0.05) is 4.88 Å². The van der Waals surface area contributed by atoms with Crippen LogP contribution in [0.4, 0.5) is 9.39 Å². The lowest BCUT2D eigenvalue weighted by Crippen LogP contribution is -2.24. The minimum Gasteiger partial charge on any atom is -0.465 e. The number of fused-ring (bicyclic) bond motifs is 1. The van der Waals surface area contributed by atoms with E-state index in [0.29, 0.717) is 6.42 Å². The van der Waals surface area contributed by atoms with E-state index in [2.05, 4.69) is 15.5 Å². The van der Waals surface area contributed by atoms with Crippen LogP contribution in [0.15, 0.2) is 33.9 Å². The number of nitrogens with zero attached hydrogens (tertiary/aromatic N) is 2. The van der Waals surface area contributed by atoms with Gasteiger partial charge in [-0.1, -0.05) is 17.2 Å². The lowest BCUT2D eigenvalue weighted by Gasteiger charge is -2.11. The lowest BCUT2D eigenvalue weighted by molar-refractivity contribution is -0.113. The van der Waals surface area contributed by atoms with Crippen LogP contribution in [0.3, 0.4) is 0 Å². The molecule has 0 saturated carbocycles. The molecule has 4 rings (SSSR count). The molecule has 0 aliphatic heterocycles. The first-order valence-electron chi connectivity index (χ1n) is 9.64. The predicted molar refractivity (Wildman–Crippen MR) is 113 cm³/mol. The van der Waals surface area contributed by atoms with Gasteiger partial charge in [-0.25, -0.2) is 17.6 Å². The summed E-state index contributed by atoms with van der Waals surface area (Å²) in [5, 5.41) is 8.98. The second-order valence-corrected chi connectivity index (χ2v) is 10.0. The third-order valence-electron chi connectivity index (χ3n) is 4.91. The number of aryl methyl sites for hydroxylation is 1. The van der Waals surface area contributed by atoms with Gasteiger partial charge in [0.05, 0.1) is 18.2 Å². The van der Waals surface area contributed by atoms with Crippen molar-refractivity contribution >= 4 is 38.1 Å². The summed E-state index contributed by atoms with van der Waals surface area (Å²) in [6.45, 7) is 0. The van der Waals surface area contributed by atoms with Gasteiger partial charge in [0.2, 0.25) is 15.7 Å². The molecule has 168 valence electrons. The Morgan fingerprint density at radius 2 is 1.97 bits per heavy atom. The molecule has 2 aromatic heterocycles. The van der Waals surface area contributed by atoms with Gasteiger partial charge in [0.1, 0.15) is 16.6 Å². The molecule has 0 fully saturated rings. The normalized spacial score (nSPS) is 13.4. The highest BCUT2D eigenvalue weighted by Gasteiger charge is 2.30. The highest BCUT2D eigenvalue weighted by molar-refractivity contribution is 7.91. The van der Waals surface area contributed by atoms with Crippen LogP contribution in [0.2, 0.25) is 0 Å². The number of sulfone groups is 1. The van der Waals surface area contributed by atoms with Crippen molar-refractivity contribution in [3.63, 3.8) is 0 Å². The van der Waals surface area contributed by atoms with Crippen molar-refractivity contribution in [2.75, 3.05) is 18.2 Å². The summed E-state index contributed by atoms with van der Waals surface area (Å²) in [4.78, 5) is 25.8. The van der Waals surface area contributed by atoms with Gasteiger partial charge < -0.3 is 14.5 Å². The van der Waals surface area contributed by atoms with Crippen molar-refractivity contribution in [3.05, 3.63) is 46.1 Å². The number of anilines is 1. The summed E-state index contributed by atoms with van der Waals surface area (Å²) < 4.78 is 49.0. The molecule has 0 spiro atoms. The summed E-state index contributed by atoms with van der Waals surface area (Å²) in [7, 11) is -3.06. The van der Waals surface area contributed by atoms with E-state index in [4.69, 9.17) is 9.15 Å². The van der Waals surface area contributed by atoms with Gasteiger partial charge in [-0.2, -0.15) is 0 Å². The topological polar surface area (TPSA) is 128 Å². The molecule has 0 unspecified atom stereocenters. The zero-order chi connectivity index (χ0) is 22.9. The quantitative estimate of drug-likeness (QED) is 0.534. The molecular weight excluding hydrogens is 461 g/mol. The Morgan fingerprint density at radius 1 is 1.22 bits per heavy atom. The summed E-state index contributed by atoms with van der Waals surface area (Å²) in [6.07, 6.45) is 3.35. The molecule has 0 atom stereocenters. The Bertz CT molecular complexity index is 1300. The highest BCUT2D eigenvalue weighted by Crippen LogP contribution is 2.38. The van der Waals surface area contributed by atoms with Crippen molar-refractivity contribution in [2.45, 2.75) is 30.9 Å². The lowest BCUT2D eigenvalue weighted by atomic mass is 9.95. The number of thiophene rings is 1. The van der Waals surface area contributed by atoms with E-state index in [9.17, 15) is 22.4 Å². The first kappa shape index (κ1) is 22.1. The molecule has 0 radical (unpaired) electrons. The van der Waals surface area contributed by atoms with Crippen molar-refractivity contribution in [3.8, 4) is 11.5 Å². The Labute approximate surface area is 186 Å². The van der Waals surface area contributed by atoms with E-state index in [-0.39, 0.29) is 22.0 Å². The van der Waals surface area contributed by atoms with Crippen LogP contribution in [0, 0.1) is 5.82 Å². The van der Waals surface area contributed by atoms with Crippen LogP contribution >= 0.6 is 11.3 Å². The number of amides is 1. The van der Waals surface area contributed by atoms with Crippen LogP contribution in [-0.4, -0.2) is 43.4 Å². The van der Waals surface area contributed by atoms with Crippen molar-refractivity contribution in [2.24, 2.45) is 0 Å². The number of hydrogen-bond acceptors (Lipinski definition) is 9. The number of hydrogen-bond donors (Lipinski definition) is 1. The number of esters is 1. The largest absolute Gasteiger partial charge is 0.465 e. The molecule has 32 heavy (non-hydrogen) atoms. The minimum atomic E-state index is -4.31. The van der Waals surface area contributed by atoms with Crippen LogP contribution in [0.1, 0.15) is 33.6 Å². The first-order chi connectivity index (χ1) is 15.3. The van der Waals surface area contributed by atoms with Crippen LogP contribution < -0.4 is 5.32 Å². The highest BCUT2D eigenvalue weighted by atomic mass is 32.2. The monoisotopic (exact) mass is 479 g/mol. The number of benzene rings is 1. The van der Waals surface area contributed by atoms with Crippen LogP contribution in [0.5, 0.6) is 0 Å². The molecule has 0 bridgehead atoms. The summed E-state index contributed by atoms with van der Waals surface area (Å²) in [6, 6.07) is 5.52. The second kappa shape index (κ2) is 8.79. The summed E-state index contributed by atoms with van der Waals surface area (Å²) >= 11 is 1.24. The third kappa shape index (κ3) is 4.28. The van der Waals surface area contributed by atoms with Gasteiger partial charge in [-0.05, 0) is 43.4 Å². The SMILES string of the molecule is COC(=O)c1c(NC(=O)CS(=O)(=O)c2nnc(-c3ccccc3F)o2)sc2c1CCCC2. The molecule has 2 heterocycles. The number of halogens is 1. The van der Waals surface area contributed by atoms with Gasteiger partial charge in [-0.3, -0.25) is 4.79 Å². The maximum Gasteiger partial charge on any atom is 0.341 e. The molecule has 1 aliphatic carbocycles. The Morgan fingerprint density at radius 3 is 2.72 bits per heavy atom. The maximum atomic E-state index is 13.9. The molecule has 1 amide bonds. The molecule has 0 saturated heterocycles. The van der Waals surface area contributed by atoms with E-state index in [0.717, 1.165) is 29.7 Å². The molecule has 9 nitrogen and oxygen atoms in total. The Balaban J connectivity index is 1.54. The molecular formula is C20H18FN3O6S2. The number of rotatable bonds is 6. The van der Waals surface area contributed by atoms with Crippen molar-refractivity contribution in [1.29, 1.82) is 0 Å². The molecule has 12 heteroatoms. The van der Waals surface area contributed by atoms with Crippen molar-refractivity contribution in [1.82, 2.24) is 10.2 Å². The summed E-state index contributed by atoms with van der Waals surface area (Å²) in [5.41, 5.74) is 1.04. The Kier molecular flexibility index (Phi) is 6.07. The second-order valence-electron chi connectivity index (χ2n) is 7.07. The van der Waals surface area contributed by atoms with Gasteiger partial charge in [0.25, 0.3) is 5.89 Å². The number of carbonyl (C=O) groups excluding carboxylic acids is 2. The number of carbonyl (C=O) groups is 2. The van der Waals surface area contributed by atoms with Crippen LogP contribution in [0.25, 0.3) is 11.5 Å². The Hall–Kier alpha value is -3.12. The van der Waals surface area contributed by atoms with Crippen molar-refractivity contribution < 1.29 is 31.6 Å². The zero-order valence-electron chi connectivity index (χ0n) is 16.9. The number of nitrogens with one attached hydrogen (secondary N) is 1. The fourth-order valence-electron chi connectivity index (χ4n) is 3.45. The fraction of sp³-hybridized carbons (Fsp3) is 0.300. The fourth-order valence-corrected chi connectivity index (χ4v) is 5.65. The van der Waals surface area contributed by atoms with E-state index in [1.165, 1.54) is 42.7 Å². The third-order valence-corrected chi connectivity index (χ3v) is 7.46. The molecule has 1 aliphatic rings. The number of methoxy groups -OCH3 is 1. The first-order valence-corrected chi connectivity index (χ1v) is 12.1. The van der Waals surface area contributed by atoms with Gasteiger partial charge >= 0.3 is 11.2 Å². The van der Waals surface area contributed by atoms with E-state index < -0.39 is 38.5 Å². The number of ether oxygens (including phenoxy) is 1. The number of aromatic nitrogens is 2. The minimum absolute atomic E-state index is 0.0576. The molecule has 3 aromatic rings. The molecule has 1 aromatic carbocycles. The molecule has 1 N–H and O–H groups in total. The van der Waals surface area contributed by atoms with E-state index in [1.54, 1.807) is 0 Å². The average Bonchev–Trinajstić information content (AvgIpc) is 3.38. The zero-order valence-corrected chi connectivity index (χ0v) is 18.5.